The lowest BCUT2D eigenvalue weighted by Crippen LogP contribution is -2.69. The molecule has 1 spiro atoms. The van der Waals surface area contributed by atoms with Crippen molar-refractivity contribution in [3.05, 3.63) is 53.3 Å². The summed E-state index contributed by atoms with van der Waals surface area (Å²) in [5.41, 5.74) is 4.31. The molecule has 6 heteroatoms. The Kier molecular flexibility index (Phi) is 5.20. The van der Waals surface area contributed by atoms with Gasteiger partial charge < -0.3 is 15.0 Å². The Morgan fingerprint density at radius 2 is 1.97 bits per heavy atom. The molecule has 3 aliphatic rings. The third-order valence-electron chi connectivity index (χ3n) is 6.47. The van der Waals surface area contributed by atoms with Crippen molar-refractivity contribution in [1.29, 1.82) is 5.26 Å². The van der Waals surface area contributed by atoms with E-state index < -0.39 is 5.82 Å². The van der Waals surface area contributed by atoms with E-state index in [4.69, 9.17) is 10.00 Å². The highest BCUT2D eigenvalue weighted by Gasteiger charge is 2.44. The molecule has 30 heavy (non-hydrogen) atoms. The van der Waals surface area contributed by atoms with Gasteiger partial charge in [0, 0.05) is 57.1 Å². The van der Waals surface area contributed by atoms with E-state index in [0.717, 1.165) is 69.2 Å². The summed E-state index contributed by atoms with van der Waals surface area (Å²) in [5.74, 6) is -0.459. The smallest absolute Gasteiger partial charge is 0.141 e. The molecule has 0 aromatic heterocycles. The molecule has 3 aliphatic heterocycles. The van der Waals surface area contributed by atoms with E-state index in [1.165, 1.54) is 24.5 Å². The van der Waals surface area contributed by atoms with Crippen LogP contribution in [0.1, 0.15) is 24.0 Å². The maximum absolute atomic E-state index is 14.4. The average molecular weight is 407 g/mol. The molecule has 0 unspecified atom stereocenters. The first kappa shape index (κ1) is 19.5. The molecule has 1 N–H and O–H groups in total. The third-order valence-corrected chi connectivity index (χ3v) is 6.47. The lowest BCUT2D eigenvalue weighted by atomic mass is 9.91. The quantitative estimate of drug-likeness (QED) is 0.846. The van der Waals surface area contributed by atoms with Gasteiger partial charge in [-0.05, 0) is 48.2 Å². The fourth-order valence-corrected chi connectivity index (χ4v) is 4.97. The second kappa shape index (κ2) is 7.99. The fraction of sp³-hybridized carbons (Fsp3) is 0.458. The molecule has 5 rings (SSSR count). The van der Waals surface area contributed by atoms with E-state index in [-0.39, 0.29) is 11.2 Å². The zero-order valence-electron chi connectivity index (χ0n) is 17.2. The summed E-state index contributed by atoms with van der Waals surface area (Å²) in [4.78, 5) is 4.79. The number of morpholine rings is 1. The van der Waals surface area contributed by atoms with Crippen LogP contribution in [0.5, 0.6) is 0 Å². The Labute approximate surface area is 177 Å². The number of benzene rings is 2. The Morgan fingerprint density at radius 1 is 1.13 bits per heavy atom. The van der Waals surface area contributed by atoms with Crippen molar-refractivity contribution in [2.24, 2.45) is 0 Å². The lowest BCUT2D eigenvalue weighted by molar-refractivity contribution is -0.158. The Morgan fingerprint density at radius 3 is 2.67 bits per heavy atom. The maximum Gasteiger partial charge on any atom is 0.141 e. The van der Waals surface area contributed by atoms with Crippen molar-refractivity contribution in [2.45, 2.75) is 25.0 Å². The molecule has 3 saturated heterocycles. The number of nitrogens with one attached hydrogen (secondary N) is 1. The minimum atomic E-state index is -0.459. The van der Waals surface area contributed by atoms with Crippen LogP contribution in [0.4, 0.5) is 10.1 Å². The molecule has 0 radical (unpaired) electrons. The van der Waals surface area contributed by atoms with Gasteiger partial charge >= 0.3 is 0 Å². The largest absolute Gasteiger partial charge is 0.371 e. The monoisotopic (exact) mass is 406 g/mol. The average Bonchev–Trinajstić information content (AvgIpc) is 3.28. The van der Waals surface area contributed by atoms with Gasteiger partial charge in [-0.1, -0.05) is 12.1 Å². The van der Waals surface area contributed by atoms with Crippen molar-refractivity contribution < 1.29 is 9.13 Å². The Bertz CT molecular complexity index is 966. The summed E-state index contributed by atoms with van der Waals surface area (Å²) in [6, 6.07) is 13.4. The number of rotatable bonds is 4. The van der Waals surface area contributed by atoms with Crippen LogP contribution in [-0.2, 0) is 11.3 Å². The van der Waals surface area contributed by atoms with Crippen LogP contribution in [0.25, 0.3) is 11.1 Å². The van der Waals surface area contributed by atoms with Crippen LogP contribution in [0.3, 0.4) is 0 Å². The number of hydrogen-bond donors (Lipinski definition) is 1. The van der Waals surface area contributed by atoms with Crippen LogP contribution in [0.2, 0.25) is 0 Å². The van der Waals surface area contributed by atoms with Gasteiger partial charge in [0.2, 0.25) is 0 Å². The number of hydrogen-bond acceptors (Lipinski definition) is 5. The second-order valence-electron chi connectivity index (χ2n) is 8.71. The molecule has 5 nitrogen and oxygen atoms in total. The van der Waals surface area contributed by atoms with Gasteiger partial charge in [-0.2, -0.15) is 5.26 Å². The van der Waals surface area contributed by atoms with Crippen LogP contribution >= 0.6 is 0 Å². The third kappa shape index (κ3) is 3.69. The van der Waals surface area contributed by atoms with Crippen LogP contribution in [0, 0.1) is 17.1 Å². The second-order valence-corrected chi connectivity index (χ2v) is 8.71. The molecule has 3 heterocycles. The lowest BCUT2D eigenvalue weighted by Gasteiger charge is -2.51. The van der Waals surface area contributed by atoms with Gasteiger partial charge in [0.1, 0.15) is 17.5 Å². The zero-order chi connectivity index (χ0) is 20.6. The molecule has 2 aromatic rings. The SMILES string of the molecule is N#Cc1ccc(-c2cc(CN3CC4(CNCCO4)C3)ccc2N2CCCC2)cc1F. The van der Waals surface area contributed by atoms with Crippen LogP contribution < -0.4 is 10.2 Å². The first-order valence-corrected chi connectivity index (χ1v) is 10.8. The van der Waals surface area contributed by atoms with Gasteiger partial charge in [0.25, 0.3) is 0 Å². The van der Waals surface area contributed by atoms with Crippen LogP contribution in [0.15, 0.2) is 36.4 Å². The summed E-state index contributed by atoms with van der Waals surface area (Å²) < 4.78 is 20.4. The topological polar surface area (TPSA) is 51.5 Å². The van der Waals surface area contributed by atoms with Gasteiger partial charge in [-0.3, -0.25) is 4.90 Å². The van der Waals surface area contributed by atoms with E-state index in [9.17, 15) is 4.39 Å². The number of ether oxygens (including phenoxy) is 1. The predicted molar refractivity (Wildman–Crippen MR) is 115 cm³/mol. The van der Waals surface area contributed by atoms with E-state index in [2.05, 4.69) is 33.3 Å². The maximum atomic E-state index is 14.4. The summed E-state index contributed by atoms with van der Waals surface area (Å²) in [6.45, 7) is 7.44. The van der Waals surface area contributed by atoms with Crippen molar-refractivity contribution >= 4 is 5.69 Å². The number of anilines is 1. The van der Waals surface area contributed by atoms with Gasteiger partial charge in [0.15, 0.2) is 0 Å². The predicted octanol–water partition coefficient (Wildman–Crippen LogP) is 3.14. The summed E-state index contributed by atoms with van der Waals surface area (Å²) in [7, 11) is 0. The molecule has 0 saturated carbocycles. The molecule has 0 atom stereocenters. The highest BCUT2D eigenvalue weighted by atomic mass is 19.1. The number of nitrogens with zero attached hydrogens (tertiary/aromatic N) is 3. The fourth-order valence-electron chi connectivity index (χ4n) is 4.97. The van der Waals surface area contributed by atoms with E-state index in [0.29, 0.717) is 0 Å². The first-order chi connectivity index (χ1) is 14.7. The molecule has 0 bridgehead atoms. The minimum absolute atomic E-state index is 0.0210. The normalized spacial score (nSPS) is 20.9. The standard InChI is InChI=1S/C24H27FN4O/c25-22-12-19(4-5-20(22)13-26)21-11-18(3-6-23(21)29-8-1-2-9-29)14-28-16-24(17-28)15-27-7-10-30-24/h3-6,11-12,27H,1-2,7-10,14-17H2. The number of likely N-dealkylation sites (tertiary alicyclic amines) is 1. The Hall–Kier alpha value is -2.46. The van der Waals surface area contributed by atoms with Gasteiger partial charge in [0.05, 0.1) is 12.2 Å². The molecular weight excluding hydrogens is 379 g/mol. The van der Waals surface area contributed by atoms with E-state index >= 15 is 0 Å². The van der Waals surface area contributed by atoms with Crippen molar-refractivity contribution in [1.82, 2.24) is 10.2 Å². The van der Waals surface area contributed by atoms with Gasteiger partial charge in [-0.25, -0.2) is 4.39 Å². The number of halogens is 1. The number of nitriles is 1. The molecule has 0 amide bonds. The highest BCUT2D eigenvalue weighted by molar-refractivity contribution is 5.80. The first-order valence-electron chi connectivity index (χ1n) is 10.8. The summed E-state index contributed by atoms with van der Waals surface area (Å²) in [6.07, 6.45) is 2.37. The van der Waals surface area contributed by atoms with Crippen molar-refractivity contribution in [3.8, 4) is 17.2 Å². The van der Waals surface area contributed by atoms with Crippen LogP contribution in [-0.4, -0.2) is 56.4 Å². The molecular formula is C24H27FN4O. The molecule has 0 aliphatic carbocycles. The summed E-state index contributed by atoms with van der Waals surface area (Å²) in [5, 5.41) is 12.5. The molecule has 3 fully saturated rings. The summed E-state index contributed by atoms with van der Waals surface area (Å²) >= 11 is 0. The minimum Gasteiger partial charge on any atom is -0.371 e. The van der Waals surface area contributed by atoms with Crippen molar-refractivity contribution in [3.63, 3.8) is 0 Å². The molecule has 156 valence electrons. The van der Waals surface area contributed by atoms with E-state index in [1.54, 1.807) is 6.07 Å². The molecule has 2 aromatic carbocycles. The Balaban J connectivity index is 1.41. The van der Waals surface area contributed by atoms with E-state index in [1.807, 2.05) is 12.1 Å². The van der Waals surface area contributed by atoms with Crippen molar-refractivity contribution in [2.75, 3.05) is 50.8 Å². The zero-order valence-corrected chi connectivity index (χ0v) is 17.2. The highest BCUT2D eigenvalue weighted by Crippen LogP contribution is 2.36. The van der Waals surface area contributed by atoms with Gasteiger partial charge in [-0.15, -0.1) is 0 Å².